The van der Waals surface area contributed by atoms with Gasteiger partial charge in [-0.1, -0.05) is 151 Å². The third-order valence-corrected chi connectivity index (χ3v) is 12.6. The zero-order chi connectivity index (χ0) is 48.4. The average Bonchev–Trinajstić information content (AvgIpc) is 3.91. The zero-order valence-electron chi connectivity index (χ0n) is 41.6. The molecule has 0 N–H and O–H groups in total. The van der Waals surface area contributed by atoms with E-state index < -0.39 is 6.85 Å². The molecule has 11 rings (SSSR count). The van der Waals surface area contributed by atoms with Crippen molar-refractivity contribution in [2.45, 2.75) is 72.6 Å². The molecule has 0 spiro atoms. The summed E-state index contributed by atoms with van der Waals surface area (Å²) in [6.45, 7) is 13.0. The van der Waals surface area contributed by atoms with E-state index in [0.717, 1.165) is 54.9 Å². The topological polar surface area (TPSA) is 43.9 Å². The Kier molecular flexibility index (Phi) is 11.3. The Morgan fingerprint density at radius 2 is 1.40 bits per heavy atom. The summed E-state index contributed by atoms with van der Waals surface area (Å²) in [4.78, 5) is 9.58. The molecule has 0 saturated carbocycles. The van der Waals surface area contributed by atoms with Crippen LogP contribution in [0.3, 0.4) is 0 Å². The molecule has 11 aromatic rings. The van der Waals surface area contributed by atoms with E-state index in [0.29, 0.717) is 27.9 Å². The fourth-order valence-corrected chi connectivity index (χ4v) is 9.13. The van der Waals surface area contributed by atoms with E-state index in [9.17, 15) is 4.39 Å². The molecule has 6 heteroatoms. The number of fused-ring (bicyclic) bond motifs is 7. The third kappa shape index (κ3) is 8.50. The number of hydrogen-bond acceptors (Lipinski definition) is 3. The van der Waals surface area contributed by atoms with Gasteiger partial charge in [-0.3, -0.25) is 9.37 Å². The van der Waals surface area contributed by atoms with Gasteiger partial charge in [-0.05, 0) is 115 Å². The SMILES string of the molecule is CC(C)(C)c1ccnc(-c2[c-]cc(F)cc2)c1.[2H]C([2H])([2H])c1c[c-]c(-c2nc3ccccc3n2-c2c(C(C)C)cc(-c3ccccc3)cc2C(C)C)c2oc3cc4c(ccc5ccccc54)cc3c12.[Ir]. The Morgan fingerprint density at radius 1 is 0.687 bits per heavy atom. The van der Waals surface area contributed by atoms with Gasteiger partial charge < -0.3 is 14.0 Å². The van der Waals surface area contributed by atoms with Crippen molar-refractivity contribution in [1.29, 1.82) is 0 Å². The number of hydrogen-bond donors (Lipinski definition) is 0. The van der Waals surface area contributed by atoms with Crippen LogP contribution >= 0.6 is 0 Å². The minimum atomic E-state index is -2.38. The van der Waals surface area contributed by atoms with E-state index in [1.54, 1.807) is 18.3 Å². The Balaban J connectivity index is 0.000000286. The number of pyridine rings is 1. The molecule has 67 heavy (non-hydrogen) atoms. The zero-order valence-corrected chi connectivity index (χ0v) is 41.0. The maximum Gasteiger partial charge on any atom is 0.121 e. The number of benzene rings is 8. The fraction of sp³-hybridized carbons (Fsp3) is 0.180. The molecule has 0 amide bonds. The number of rotatable bonds is 6. The van der Waals surface area contributed by atoms with Crippen LogP contribution in [-0.4, -0.2) is 14.5 Å². The first-order valence-electron chi connectivity index (χ1n) is 24.1. The molecule has 0 unspecified atom stereocenters. The minimum absolute atomic E-state index is 0. The van der Waals surface area contributed by atoms with Gasteiger partial charge in [-0.2, -0.15) is 0 Å². The number of imidazole rings is 1. The van der Waals surface area contributed by atoms with E-state index in [1.165, 1.54) is 39.9 Å². The van der Waals surface area contributed by atoms with Gasteiger partial charge in [0.1, 0.15) is 5.58 Å². The third-order valence-electron chi connectivity index (χ3n) is 12.6. The molecule has 0 aliphatic carbocycles. The first-order chi connectivity index (χ1) is 33.0. The van der Waals surface area contributed by atoms with Crippen LogP contribution in [-0.2, 0) is 25.5 Å². The number of aryl methyl sites for hydroxylation is 1. The van der Waals surface area contributed by atoms with Gasteiger partial charge in [0.25, 0.3) is 0 Å². The molecule has 3 heterocycles. The molecule has 0 saturated heterocycles. The molecule has 8 aromatic carbocycles. The molecule has 0 fully saturated rings. The van der Waals surface area contributed by atoms with Gasteiger partial charge in [0.05, 0.1) is 22.4 Å². The Hall–Kier alpha value is -6.72. The van der Waals surface area contributed by atoms with Gasteiger partial charge >= 0.3 is 0 Å². The molecule has 335 valence electrons. The second kappa shape index (κ2) is 18.2. The molecular weight excluding hydrogens is 1000 g/mol. The van der Waals surface area contributed by atoms with Crippen LogP contribution in [0.5, 0.6) is 0 Å². The van der Waals surface area contributed by atoms with Crippen molar-refractivity contribution in [3.8, 4) is 39.5 Å². The molecule has 0 aliphatic rings. The monoisotopic (exact) mass is 1060 g/mol. The molecular formula is C61H52FIrN3O-2. The predicted molar refractivity (Wildman–Crippen MR) is 273 cm³/mol. The standard InChI is InChI=1S/C46H37N2O.C15H15FN.Ir/c1-27(2)36-24-33(30-13-7-6-8-14-30)25-37(28(3)4)44(36)48-41-18-12-11-17-40(41)47-46(48)35-22-19-29(5)43-39-23-32-21-20-31-15-9-10-16-34(31)38(32)26-42(39)49-45(35)43;1-15(2,3)12-8-9-17-14(10-12)11-4-6-13(16)7-5-11;/h6-21,23-28H,1-5H3;4,6-10H,1-3H3;/q2*-1;/i5D3;;. The first-order valence-corrected chi connectivity index (χ1v) is 22.6. The van der Waals surface area contributed by atoms with Crippen molar-refractivity contribution in [1.82, 2.24) is 14.5 Å². The molecule has 0 aliphatic heterocycles. The van der Waals surface area contributed by atoms with Gasteiger partial charge in [0.2, 0.25) is 0 Å². The van der Waals surface area contributed by atoms with Crippen LogP contribution in [0.1, 0.15) is 86.7 Å². The van der Waals surface area contributed by atoms with Crippen molar-refractivity contribution < 1.29 is 33.0 Å². The Labute approximate surface area is 410 Å². The Bertz CT molecular complexity index is 3690. The minimum Gasteiger partial charge on any atom is -0.501 e. The summed E-state index contributed by atoms with van der Waals surface area (Å²) in [7, 11) is 0. The molecule has 0 bridgehead atoms. The first kappa shape index (κ1) is 41.7. The van der Waals surface area contributed by atoms with Crippen LogP contribution in [0, 0.1) is 24.8 Å². The van der Waals surface area contributed by atoms with Crippen molar-refractivity contribution in [3.05, 3.63) is 198 Å². The van der Waals surface area contributed by atoms with E-state index in [1.807, 2.05) is 48.5 Å². The fourth-order valence-electron chi connectivity index (χ4n) is 9.13. The molecule has 0 atom stereocenters. The van der Waals surface area contributed by atoms with E-state index in [-0.39, 0.29) is 48.7 Å². The van der Waals surface area contributed by atoms with E-state index in [2.05, 4.69) is 149 Å². The van der Waals surface area contributed by atoms with Crippen LogP contribution in [0.25, 0.3) is 94.0 Å². The predicted octanol–water partition coefficient (Wildman–Crippen LogP) is 16.9. The number of furan rings is 1. The van der Waals surface area contributed by atoms with Gasteiger partial charge in [-0.25, -0.2) is 0 Å². The van der Waals surface area contributed by atoms with Crippen molar-refractivity contribution in [2.24, 2.45) is 0 Å². The maximum atomic E-state index is 12.8. The summed E-state index contributed by atoms with van der Waals surface area (Å²) < 4.78 is 47.6. The summed E-state index contributed by atoms with van der Waals surface area (Å²) in [5, 5.41) is 5.67. The van der Waals surface area contributed by atoms with Gasteiger partial charge in [0, 0.05) is 47.3 Å². The van der Waals surface area contributed by atoms with E-state index in [4.69, 9.17) is 13.5 Å². The molecule has 1 radical (unpaired) electrons. The summed E-state index contributed by atoms with van der Waals surface area (Å²) in [5.41, 5.74) is 12.5. The van der Waals surface area contributed by atoms with Gasteiger partial charge in [-0.15, -0.1) is 47.5 Å². The summed E-state index contributed by atoms with van der Waals surface area (Å²) in [5.74, 6) is 0.774. The van der Waals surface area contributed by atoms with Crippen molar-refractivity contribution in [3.63, 3.8) is 0 Å². The van der Waals surface area contributed by atoms with Crippen LogP contribution in [0.2, 0.25) is 0 Å². The molecule has 3 aromatic heterocycles. The smallest absolute Gasteiger partial charge is 0.121 e. The quantitative estimate of drug-likeness (QED) is 0.123. The average molecular weight is 1060 g/mol. The second-order valence-electron chi connectivity index (χ2n) is 18.8. The Morgan fingerprint density at radius 3 is 2.12 bits per heavy atom. The van der Waals surface area contributed by atoms with Gasteiger partial charge in [0.15, 0.2) is 0 Å². The summed E-state index contributed by atoms with van der Waals surface area (Å²) in [6, 6.07) is 56.4. The number of nitrogens with zero attached hydrogens (tertiary/aromatic N) is 3. The number of para-hydroxylation sites is 2. The van der Waals surface area contributed by atoms with Crippen molar-refractivity contribution >= 4 is 54.5 Å². The van der Waals surface area contributed by atoms with Crippen LogP contribution in [0.15, 0.2) is 162 Å². The maximum absolute atomic E-state index is 12.8. The molecule has 4 nitrogen and oxygen atoms in total. The normalized spacial score (nSPS) is 12.7. The van der Waals surface area contributed by atoms with E-state index >= 15 is 0 Å². The van der Waals surface area contributed by atoms with Crippen LogP contribution in [0.4, 0.5) is 4.39 Å². The summed E-state index contributed by atoms with van der Waals surface area (Å²) >= 11 is 0. The van der Waals surface area contributed by atoms with Crippen LogP contribution < -0.4 is 0 Å². The largest absolute Gasteiger partial charge is 0.501 e. The summed E-state index contributed by atoms with van der Waals surface area (Å²) in [6.07, 6.45) is 1.78. The second-order valence-corrected chi connectivity index (χ2v) is 18.8. The number of aromatic nitrogens is 3. The number of halogens is 1. The van der Waals surface area contributed by atoms with Crippen molar-refractivity contribution in [2.75, 3.05) is 0 Å².